The summed E-state index contributed by atoms with van der Waals surface area (Å²) in [6.45, 7) is 9.88. The van der Waals surface area contributed by atoms with Crippen LogP contribution in [0.25, 0.3) is 0 Å². The summed E-state index contributed by atoms with van der Waals surface area (Å²) in [5.41, 5.74) is 1.86. The second-order valence-electron chi connectivity index (χ2n) is 8.82. The van der Waals surface area contributed by atoms with E-state index >= 15 is 0 Å². The van der Waals surface area contributed by atoms with E-state index in [-0.39, 0.29) is 48.3 Å². The van der Waals surface area contributed by atoms with Gasteiger partial charge in [-0.2, -0.15) is 0 Å². The van der Waals surface area contributed by atoms with Crippen LogP contribution in [0.1, 0.15) is 48.7 Å². The molecule has 3 N–H and O–H groups in total. The number of carbonyl (C=O) groups excluding carboxylic acids is 2. The molecule has 1 aromatic carbocycles. The Hall–Kier alpha value is -1.72. The molecular formula is C22H30N2O6S2. The fourth-order valence-corrected chi connectivity index (χ4v) is 5.89. The lowest BCUT2D eigenvalue weighted by atomic mass is 10.0. The van der Waals surface area contributed by atoms with Crippen molar-refractivity contribution < 1.29 is 29.6 Å². The van der Waals surface area contributed by atoms with E-state index in [1.165, 1.54) is 17.0 Å². The quantitative estimate of drug-likeness (QED) is 0.323. The summed E-state index contributed by atoms with van der Waals surface area (Å²) < 4.78 is 5.53. The molecule has 1 unspecified atom stereocenters. The second-order valence-corrected chi connectivity index (χ2v) is 12.1. The first kappa shape index (κ1) is 24.9. The molecule has 0 spiro atoms. The first-order valence-corrected chi connectivity index (χ1v) is 12.7. The number of anilines is 1. The van der Waals surface area contributed by atoms with Crippen molar-refractivity contribution in [2.75, 3.05) is 23.8 Å². The minimum Gasteiger partial charge on any atom is -0.448 e. The minimum atomic E-state index is -1.34. The molecule has 3 rings (SSSR count). The lowest BCUT2D eigenvalue weighted by molar-refractivity contribution is 0.0493. The van der Waals surface area contributed by atoms with Crippen LogP contribution in [-0.4, -0.2) is 68.1 Å². The van der Waals surface area contributed by atoms with Gasteiger partial charge >= 0.3 is 6.09 Å². The zero-order chi connectivity index (χ0) is 23.6. The number of hydrogen-bond acceptors (Lipinski definition) is 8. The van der Waals surface area contributed by atoms with Crippen molar-refractivity contribution in [2.24, 2.45) is 0 Å². The van der Waals surface area contributed by atoms with Crippen molar-refractivity contribution in [3.63, 3.8) is 0 Å². The van der Waals surface area contributed by atoms with Crippen molar-refractivity contribution in [3.8, 4) is 0 Å². The molecule has 32 heavy (non-hydrogen) atoms. The van der Waals surface area contributed by atoms with E-state index in [1.807, 2.05) is 0 Å². The van der Waals surface area contributed by atoms with Crippen LogP contribution in [0.4, 0.5) is 10.5 Å². The van der Waals surface area contributed by atoms with Crippen LogP contribution in [0.15, 0.2) is 24.3 Å². The van der Waals surface area contributed by atoms with Gasteiger partial charge in [0.25, 0.3) is 5.91 Å². The highest BCUT2D eigenvalue weighted by Crippen LogP contribution is 2.38. The average molecular weight is 483 g/mol. The number of aliphatic hydroxyl groups excluding tert-OH is 3. The molecule has 0 aliphatic carbocycles. The highest BCUT2D eigenvalue weighted by molar-refractivity contribution is 8.77. The van der Waals surface area contributed by atoms with Gasteiger partial charge < -0.3 is 25.0 Å². The maximum absolute atomic E-state index is 13.3. The SMILES string of the molecule is C=C1C[C@H]2C(O)N(C(=O)OCCSSC(C)(C)C)c3cc(CO)c(CO)cc3C(=O)N2C1. The third-order valence-electron chi connectivity index (χ3n) is 5.21. The van der Waals surface area contributed by atoms with Gasteiger partial charge in [-0.15, -0.1) is 0 Å². The van der Waals surface area contributed by atoms with E-state index < -0.39 is 18.4 Å². The molecule has 2 aliphatic heterocycles. The number of rotatable bonds is 6. The predicted molar refractivity (Wildman–Crippen MR) is 127 cm³/mol. The Morgan fingerprint density at radius 1 is 1.25 bits per heavy atom. The van der Waals surface area contributed by atoms with Crippen molar-refractivity contribution in [3.05, 3.63) is 41.0 Å². The van der Waals surface area contributed by atoms with Crippen molar-refractivity contribution in [2.45, 2.75) is 57.4 Å². The number of aliphatic hydroxyl groups is 3. The number of amides is 2. The van der Waals surface area contributed by atoms with Gasteiger partial charge in [0.1, 0.15) is 6.61 Å². The van der Waals surface area contributed by atoms with Gasteiger partial charge in [-0.25, -0.2) is 9.69 Å². The number of ether oxygens (including phenoxy) is 1. The van der Waals surface area contributed by atoms with Crippen molar-refractivity contribution in [1.29, 1.82) is 0 Å². The minimum absolute atomic E-state index is 0.0778. The summed E-state index contributed by atoms with van der Waals surface area (Å²) in [6, 6.07) is 2.27. The molecule has 176 valence electrons. The predicted octanol–water partition coefficient (Wildman–Crippen LogP) is 2.90. The van der Waals surface area contributed by atoms with Crippen LogP contribution in [0.5, 0.6) is 0 Å². The van der Waals surface area contributed by atoms with Crippen molar-refractivity contribution >= 4 is 39.3 Å². The molecular weight excluding hydrogens is 452 g/mol. The molecule has 0 radical (unpaired) electrons. The Kier molecular flexibility index (Phi) is 7.82. The number of nitrogens with zero attached hydrogens (tertiary/aromatic N) is 2. The molecule has 0 bridgehead atoms. The maximum atomic E-state index is 13.3. The Bertz CT molecular complexity index is 901. The third-order valence-corrected chi connectivity index (χ3v) is 8.51. The van der Waals surface area contributed by atoms with E-state index in [0.717, 1.165) is 10.5 Å². The molecule has 10 heteroatoms. The lowest BCUT2D eigenvalue weighted by Gasteiger charge is -2.31. The summed E-state index contributed by atoms with van der Waals surface area (Å²) in [6.07, 6.45) is -1.74. The molecule has 0 saturated carbocycles. The van der Waals surface area contributed by atoms with E-state index in [2.05, 4.69) is 27.4 Å². The lowest BCUT2D eigenvalue weighted by Crippen LogP contribution is -2.51. The zero-order valence-corrected chi connectivity index (χ0v) is 20.2. The van der Waals surface area contributed by atoms with Crippen LogP contribution >= 0.6 is 21.6 Å². The molecule has 2 heterocycles. The molecule has 2 aliphatic rings. The normalized spacial score (nSPS) is 20.8. The first-order valence-electron chi connectivity index (χ1n) is 10.4. The second kappa shape index (κ2) is 10.0. The third kappa shape index (κ3) is 5.26. The van der Waals surface area contributed by atoms with Crippen LogP contribution in [-0.2, 0) is 18.0 Å². The van der Waals surface area contributed by atoms with Crippen LogP contribution in [0, 0.1) is 0 Å². The number of carbonyl (C=O) groups is 2. The average Bonchev–Trinajstić information content (AvgIpc) is 3.10. The molecule has 0 aromatic heterocycles. The summed E-state index contributed by atoms with van der Waals surface area (Å²) in [5, 5.41) is 30.5. The van der Waals surface area contributed by atoms with E-state index in [0.29, 0.717) is 23.3 Å². The summed E-state index contributed by atoms with van der Waals surface area (Å²) in [5.74, 6) is 0.204. The van der Waals surface area contributed by atoms with Crippen LogP contribution in [0.2, 0.25) is 0 Å². The van der Waals surface area contributed by atoms with Gasteiger partial charge in [0.15, 0.2) is 6.23 Å². The Morgan fingerprint density at radius 2 is 1.91 bits per heavy atom. The fourth-order valence-electron chi connectivity index (χ4n) is 3.79. The largest absolute Gasteiger partial charge is 0.448 e. The van der Waals surface area contributed by atoms with Gasteiger partial charge in [-0.3, -0.25) is 4.79 Å². The number of fused-ring (bicyclic) bond motifs is 2. The van der Waals surface area contributed by atoms with Gasteiger partial charge in [0, 0.05) is 17.0 Å². The molecule has 1 saturated heterocycles. The van der Waals surface area contributed by atoms with E-state index in [9.17, 15) is 24.9 Å². The summed E-state index contributed by atoms with van der Waals surface area (Å²) in [7, 11) is 3.28. The Balaban J connectivity index is 1.91. The van der Waals surface area contributed by atoms with Crippen LogP contribution in [0.3, 0.4) is 0 Å². The zero-order valence-electron chi connectivity index (χ0n) is 18.5. The molecule has 1 aromatic rings. The summed E-state index contributed by atoms with van der Waals surface area (Å²) in [4.78, 5) is 28.9. The fraction of sp³-hybridized carbons (Fsp3) is 0.545. The van der Waals surface area contributed by atoms with Gasteiger partial charge in [0.2, 0.25) is 0 Å². The van der Waals surface area contributed by atoms with E-state index in [1.54, 1.807) is 21.6 Å². The topological polar surface area (TPSA) is 111 Å². The van der Waals surface area contributed by atoms with Gasteiger partial charge in [0.05, 0.1) is 30.5 Å². The Labute approximate surface area is 196 Å². The highest BCUT2D eigenvalue weighted by atomic mass is 33.1. The highest BCUT2D eigenvalue weighted by Gasteiger charge is 2.46. The standard InChI is InChI=1S/C22H30N2O6S2/c1-13-7-18-20(28)24(21(29)30-5-6-31-32-22(2,3)4)17-9-15(12-26)14(11-25)8-16(17)19(27)23(18)10-13/h8-9,18,20,25-26,28H,1,5-7,10-12H2,2-4H3/t18-,20?/m0/s1. The van der Waals surface area contributed by atoms with Gasteiger partial charge in [-0.1, -0.05) is 54.5 Å². The number of benzene rings is 1. The first-order chi connectivity index (χ1) is 15.1. The summed E-state index contributed by atoms with van der Waals surface area (Å²) >= 11 is 0. The van der Waals surface area contributed by atoms with E-state index in [4.69, 9.17) is 4.74 Å². The molecule has 2 amide bonds. The smallest absolute Gasteiger partial charge is 0.416 e. The Morgan fingerprint density at radius 3 is 2.53 bits per heavy atom. The van der Waals surface area contributed by atoms with Crippen molar-refractivity contribution in [1.82, 2.24) is 4.90 Å². The molecule has 2 atom stereocenters. The van der Waals surface area contributed by atoms with Crippen LogP contribution < -0.4 is 4.90 Å². The van der Waals surface area contributed by atoms with Gasteiger partial charge in [-0.05, 0) is 29.7 Å². The molecule has 1 fully saturated rings. The monoisotopic (exact) mass is 482 g/mol. The number of hydrogen-bond donors (Lipinski definition) is 3. The maximum Gasteiger partial charge on any atom is 0.416 e. The molecule has 8 nitrogen and oxygen atoms in total.